The Labute approximate surface area is 177 Å². The zero-order chi connectivity index (χ0) is 20.5. The molecule has 1 atom stereocenters. The van der Waals surface area contributed by atoms with Gasteiger partial charge in [0.15, 0.2) is 11.5 Å². The van der Waals surface area contributed by atoms with Crippen LogP contribution in [0, 0.1) is 0 Å². The maximum absolute atomic E-state index is 10.3. The molecule has 0 saturated heterocycles. The highest BCUT2D eigenvalue weighted by Gasteiger charge is 2.14. The van der Waals surface area contributed by atoms with Crippen LogP contribution in [0.2, 0.25) is 5.02 Å². The monoisotopic (exact) mass is 411 g/mol. The topological polar surface area (TPSA) is 50.7 Å². The van der Waals surface area contributed by atoms with Crippen molar-refractivity contribution in [2.24, 2.45) is 0 Å². The predicted molar refractivity (Wildman–Crippen MR) is 117 cm³/mol. The molecule has 3 rings (SSSR count). The number of rotatable bonds is 10. The molecule has 4 nitrogen and oxygen atoms in total. The number of hydrogen-bond acceptors (Lipinski definition) is 4. The zero-order valence-corrected chi connectivity index (χ0v) is 17.2. The van der Waals surface area contributed by atoms with E-state index in [0.29, 0.717) is 42.8 Å². The highest BCUT2D eigenvalue weighted by atomic mass is 35.5. The van der Waals surface area contributed by atoms with E-state index in [2.05, 4.69) is 5.32 Å². The van der Waals surface area contributed by atoms with Crippen LogP contribution in [0.25, 0.3) is 0 Å². The van der Waals surface area contributed by atoms with Crippen molar-refractivity contribution in [3.05, 3.63) is 94.5 Å². The maximum atomic E-state index is 10.3. The minimum absolute atomic E-state index is 0.418. The highest BCUT2D eigenvalue weighted by Crippen LogP contribution is 2.37. The molecule has 0 saturated carbocycles. The lowest BCUT2D eigenvalue weighted by Gasteiger charge is -2.16. The molecule has 2 N–H and O–H groups in total. The number of hydrogen-bond donors (Lipinski definition) is 2. The van der Waals surface area contributed by atoms with E-state index in [-0.39, 0.29) is 0 Å². The van der Waals surface area contributed by atoms with E-state index in [1.165, 1.54) is 0 Å². The number of aliphatic hydroxyl groups is 1. The van der Waals surface area contributed by atoms with Crippen LogP contribution in [0.5, 0.6) is 11.5 Å². The van der Waals surface area contributed by atoms with E-state index in [1.54, 1.807) is 0 Å². The third-order valence-corrected chi connectivity index (χ3v) is 4.73. The van der Waals surface area contributed by atoms with Gasteiger partial charge in [0.1, 0.15) is 6.61 Å². The molecule has 0 aliphatic carbocycles. The van der Waals surface area contributed by atoms with Gasteiger partial charge in [-0.1, -0.05) is 72.3 Å². The summed E-state index contributed by atoms with van der Waals surface area (Å²) in [6.45, 7) is 3.86. The van der Waals surface area contributed by atoms with Crippen LogP contribution in [-0.4, -0.2) is 18.3 Å². The third-order valence-electron chi connectivity index (χ3n) is 4.45. The van der Waals surface area contributed by atoms with Crippen molar-refractivity contribution in [1.29, 1.82) is 0 Å². The molecule has 0 fully saturated rings. The predicted octanol–water partition coefficient (Wildman–Crippen LogP) is 5.14. The first kappa shape index (κ1) is 21.2. The zero-order valence-electron chi connectivity index (χ0n) is 16.5. The molecule has 0 radical (unpaired) electrons. The Morgan fingerprint density at radius 3 is 2.31 bits per heavy atom. The maximum Gasteiger partial charge on any atom is 0.180 e. The van der Waals surface area contributed by atoms with Crippen molar-refractivity contribution >= 4 is 11.6 Å². The molecule has 152 valence electrons. The second-order valence-corrected chi connectivity index (χ2v) is 7.08. The average Bonchev–Trinajstić information content (AvgIpc) is 2.74. The molecule has 3 aromatic carbocycles. The van der Waals surface area contributed by atoms with Gasteiger partial charge in [-0.3, -0.25) is 0 Å². The fraction of sp³-hybridized carbons (Fsp3) is 0.250. The van der Waals surface area contributed by atoms with Gasteiger partial charge >= 0.3 is 0 Å². The number of halogens is 1. The van der Waals surface area contributed by atoms with Gasteiger partial charge < -0.3 is 19.9 Å². The summed E-state index contributed by atoms with van der Waals surface area (Å²) in [6.07, 6.45) is -0.563. The first-order chi connectivity index (χ1) is 14.2. The lowest BCUT2D eigenvalue weighted by Crippen LogP contribution is -2.21. The summed E-state index contributed by atoms with van der Waals surface area (Å²) < 4.78 is 11.7. The van der Waals surface area contributed by atoms with Crippen LogP contribution in [0.1, 0.15) is 29.7 Å². The van der Waals surface area contributed by atoms with Crippen LogP contribution in [0.3, 0.4) is 0 Å². The van der Waals surface area contributed by atoms with Gasteiger partial charge in [0.25, 0.3) is 0 Å². The third kappa shape index (κ3) is 6.23. The Bertz CT molecular complexity index is 887. The number of nitrogens with one attached hydrogen (secondary N) is 1. The first-order valence-electron chi connectivity index (χ1n) is 9.73. The Morgan fingerprint density at radius 2 is 1.62 bits per heavy atom. The molecule has 0 spiro atoms. The highest BCUT2D eigenvalue weighted by molar-refractivity contribution is 6.32. The molecule has 29 heavy (non-hydrogen) atoms. The quantitative estimate of drug-likeness (QED) is 0.485. The van der Waals surface area contributed by atoms with E-state index in [1.807, 2.05) is 79.7 Å². The van der Waals surface area contributed by atoms with Gasteiger partial charge in [-0.25, -0.2) is 0 Å². The van der Waals surface area contributed by atoms with Gasteiger partial charge in [-0.15, -0.1) is 0 Å². The smallest absolute Gasteiger partial charge is 0.180 e. The fourth-order valence-electron chi connectivity index (χ4n) is 3.00. The molecule has 5 heteroatoms. The molecular formula is C24H26ClNO3. The lowest BCUT2D eigenvalue weighted by molar-refractivity contribution is 0.174. The second kappa shape index (κ2) is 10.9. The molecule has 0 aliphatic rings. The van der Waals surface area contributed by atoms with Gasteiger partial charge in [0.2, 0.25) is 0 Å². The van der Waals surface area contributed by atoms with E-state index < -0.39 is 6.10 Å². The number of ether oxygens (including phenoxy) is 2. The average molecular weight is 412 g/mol. The Morgan fingerprint density at radius 1 is 0.931 bits per heavy atom. The minimum Gasteiger partial charge on any atom is -0.490 e. The Hall–Kier alpha value is -2.53. The minimum atomic E-state index is -0.563. The largest absolute Gasteiger partial charge is 0.490 e. The Balaban J connectivity index is 1.63. The summed E-state index contributed by atoms with van der Waals surface area (Å²) in [4.78, 5) is 0. The van der Waals surface area contributed by atoms with Crippen LogP contribution < -0.4 is 14.8 Å². The van der Waals surface area contributed by atoms with Crippen molar-refractivity contribution in [2.75, 3.05) is 13.2 Å². The van der Waals surface area contributed by atoms with Gasteiger partial charge in [-0.2, -0.15) is 0 Å². The summed E-state index contributed by atoms with van der Waals surface area (Å²) in [5.41, 5.74) is 2.91. The molecular weight excluding hydrogens is 386 g/mol. The second-order valence-electron chi connectivity index (χ2n) is 6.67. The van der Waals surface area contributed by atoms with Crippen molar-refractivity contribution < 1.29 is 14.6 Å². The van der Waals surface area contributed by atoms with Gasteiger partial charge in [0.05, 0.1) is 17.7 Å². The molecule has 3 aromatic rings. The van der Waals surface area contributed by atoms with Crippen molar-refractivity contribution in [3.63, 3.8) is 0 Å². The summed E-state index contributed by atoms with van der Waals surface area (Å²) in [7, 11) is 0. The first-order valence-corrected chi connectivity index (χ1v) is 10.1. The molecule has 0 amide bonds. The van der Waals surface area contributed by atoms with Crippen molar-refractivity contribution in [3.8, 4) is 11.5 Å². The fourth-order valence-corrected chi connectivity index (χ4v) is 3.29. The van der Waals surface area contributed by atoms with Crippen molar-refractivity contribution in [2.45, 2.75) is 26.2 Å². The van der Waals surface area contributed by atoms with Crippen LogP contribution in [0.15, 0.2) is 72.8 Å². The summed E-state index contributed by atoms with van der Waals surface area (Å²) in [6, 6.07) is 23.3. The van der Waals surface area contributed by atoms with Crippen LogP contribution in [-0.2, 0) is 13.2 Å². The molecule has 1 unspecified atom stereocenters. The van der Waals surface area contributed by atoms with Crippen LogP contribution in [0.4, 0.5) is 0 Å². The van der Waals surface area contributed by atoms with Crippen LogP contribution >= 0.6 is 11.6 Å². The van der Waals surface area contributed by atoms with E-state index >= 15 is 0 Å². The van der Waals surface area contributed by atoms with Crippen molar-refractivity contribution in [1.82, 2.24) is 5.32 Å². The van der Waals surface area contributed by atoms with E-state index in [4.69, 9.17) is 21.1 Å². The summed E-state index contributed by atoms with van der Waals surface area (Å²) in [5, 5.41) is 14.1. The van der Waals surface area contributed by atoms with E-state index in [9.17, 15) is 5.11 Å². The normalized spacial score (nSPS) is 11.8. The van der Waals surface area contributed by atoms with E-state index in [0.717, 1.165) is 16.7 Å². The summed E-state index contributed by atoms with van der Waals surface area (Å²) in [5.74, 6) is 1.17. The lowest BCUT2D eigenvalue weighted by atomic mass is 10.1. The van der Waals surface area contributed by atoms with Gasteiger partial charge in [0, 0.05) is 13.1 Å². The number of benzene rings is 3. The van der Waals surface area contributed by atoms with Gasteiger partial charge in [-0.05, 0) is 35.7 Å². The SMILES string of the molecule is CCOc1cc(CNCC(O)c2ccccc2)cc(Cl)c1OCc1ccccc1. The molecule has 0 aromatic heterocycles. The Kier molecular flexibility index (Phi) is 7.94. The molecule has 0 aliphatic heterocycles. The molecule has 0 bridgehead atoms. The summed E-state index contributed by atoms with van der Waals surface area (Å²) >= 11 is 6.49. The molecule has 0 heterocycles. The number of aliphatic hydroxyl groups excluding tert-OH is 1. The standard InChI is InChI=1S/C24H26ClNO3/c1-2-28-23-14-19(15-26-16-22(27)20-11-7-4-8-12-20)13-21(25)24(23)29-17-18-9-5-3-6-10-18/h3-14,22,26-27H,2,15-17H2,1H3.